The average molecular weight is 223 g/mol. The molecule has 0 fully saturated rings. The standard InChI is InChI=1S/C10H10FN3O2/c11-9-2-7(4-12)1-8(3-9)5-14-16-6-10(13)15/h1-3,14H,5-6H2,(H2,13,15). The number of nitriles is 1. The van der Waals surface area contributed by atoms with Crippen molar-refractivity contribution in [2.45, 2.75) is 6.54 Å². The number of hydrogen-bond donors (Lipinski definition) is 2. The third kappa shape index (κ3) is 4.04. The molecule has 0 aliphatic carbocycles. The van der Waals surface area contributed by atoms with Crippen molar-refractivity contribution in [1.82, 2.24) is 5.48 Å². The van der Waals surface area contributed by atoms with Crippen molar-refractivity contribution >= 4 is 5.91 Å². The van der Waals surface area contributed by atoms with E-state index < -0.39 is 11.7 Å². The first-order chi connectivity index (χ1) is 7.61. The van der Waals surface area contributed by atoms with Gasteiger partial charge >= 0.3 is 0 Å². The molecule has 1 aromatic rings. The number of amides is 1. The number of carbonyl (C=O) groups is 1. The highest BCUT2D eigenvalue weighted by molar-refractivity contribution is 5.74. The molecule has 5 nitrogen and oxygen atoms in total. The van der Waals surface area contributed by atoms with Gasteiger partial charge in [-0.05, 0) is 23.8 Å². The zero-order chi connectivity index (χ0) is 12.0. The van der Waals surface area contributed by atoms with Gasteiger partial charge in [-0.3, -0.25) is 9.63 Å². The van der Waals surface area contributed by atoms with Crippen LogP contribution in [0.2, 0.25) is 0 Å². The van der Waals surface area contributed by atoms with Gasteiger partial charge in [0, 0.05) is 6.54 Å². The topological polar surface area (TPSA) is 88.1 Å². The van der Waals surface area contributed by atoms with Crippen LogP contribution in [0.4, 0.5) is 4.39 Å². The molecule has 0 saturated heterocycles. The molecule has 0 saturated carbocycles. The quantitative estimate of drug-likeness (QED) is 0.551. The number of benzene rings is 1. The monoisotopic (exact) mass is 223 g/mol. The predicted octanol–water partition coefficient (Wildman–Crippen LogP) is 0.204. The summed E-state index contributed by atoms with van der Waals surface area (Å²) in [5.41, 5.74) is 8.04. The normalized spacial score (nSPS) is 9.75. The van der Waals surface area contributed by atoms with Gasteiger partial charge in [0.1, 0.15) is 12.4 Å². The van der Waals surface area contributed by atoms with Gasteiger partial charge in [0.2, 0.25) is 5.91 Å². The Kier molecular flexibility index (Phi) is 4.39. The molecular formula is C10H10FN3O2. The minimum Gasteiger partial charge on any atom is -0.368 e. The van der Waals surface area contributed by atoms with Crippen LogP contribution in [-0.2, 0) is 16.2 Å². The summed E-state index contributed by atoms with van der Waals surface area (Å²) in [6.45, 7) is -0.0832. The summed E-state index contributed by atoms with van der Waals surface area (Å²) in [7, 11) is 0. The lowest BCUT2D eigenvalue weighted by Gasteiger charge is -2.04. The molecule has 0 aromatic heterocycles. The summed E-state index contributed by atoms with van der Waals surface area (Å²) in [5.74, 6) is -1.10. The fourth-order valence-electron chi connectivity index (χ4n) is 1.07. The number of hydrogen-bond acceptors (Lipinski definition) is 4. The van der Waals surface area contributed by atoms with Crippen molar-refractivity contribution in [2.75, 3.05) is 6.61 Å². The van der Waals surface area contributed by atoms with E-state index in [0.29, 0.717) is 5.56 Å². The molecule has 0 radical (unpaired) electrons. The molecule has 0 aliphatic heterocycles. The van der Waals surface area contributed by atoms with Crippen LogP contribution >= 0.6 is 0 Å². The summed E-state index contributed by atoms with van der Waals surface area (Å²) in [6, 6.07) is 5.75. The highest BCUT2D eigenvalue weighted by atomic mass is 19.1. The Morgan fingerprint density at radius 1 is 1.56 bits per heavy atom. The zero-order valence-corrected chi connectivity index (χ0v) is 8.37. The van der Waals surface area contributed by atoms with Gasteiger partial charge in [0.15, 0.2) is 0 Å². The second kappa shape index (κ2) is 5.80. The Hall–Kier alpha value is -1.97. The molecule has 0 spiro atoms. The number of primary amides is 1. The summed E-state index contributed by atoms with van der Waals surface area (Å²) in [4.78, 5) is 15.0. The lowest BCUT2D eigenvalue weighted by Crippen LogP contribution is -2.24. The number of nitrogens with zero attached hydrogens (tertiary/aromatic N) is 1. The van der Waals surface area contributed by atoms with E-state index in [9.17, 15) is 9.18 Å². The number of nitrogens with one attached hydrogen (secondary N) is 1. The van der Waals surface area contributed by atoms with Gasteiger partial charge < -0.3 is 5.73 Å². The smallest absolute Gasteiger partial charge is 0.245 e. The van der Waals surface area contributed by atoms with E-state index in [0.717, 1.165) is 6.07 Å². The highest BCUT2D eigenvalue weighted by Crippen LogP contribution is 2.08. The van der Waals surface area contributed by atoms with Gasteiger partial charge in [-0.1, -0.05) is 0 Å². The average Bonchev–Trinajstić information content (AvgIpc) is 2.23. The number of rotatable bonds is 5. The Balaban J connectivity index is 2.51. The molecule has 0 unspecified atom stereocenters. The summed E-state index contributed by atoms with van der Waals surface area (Å²) < 4.78 is 13.0. The van der Waals surface area contributed by atoms with Crippen molar-refractivity contribution in [1.29, 1.82) is 5.26 Å². The number of nitrogens with two attached hydrogens (primary N) is 1. The maximum Gasteiger partial charge on any atom is 0.245 e. The molecule has 84 valence electrons. The Labute approximate surface area is 91.6 Å². The van der Waals surface area contributed by atoms with Crippen molar-refractivity contribution in [3.63, 3.8) is 0 Å². The summed E-state index contributed by atoms with van der Waals surface area (Å²) in [6.07, 6.45) is 0. The Morgan fingerprint density at radius 2 is 2.31 bits per heavy atom. The maximum atomic E-state index is 13.0. The SMILES string of the molecule is N#Cc1cc(F)cc(CNOCC(N)=O)c1. The van der Waals surface area contributed by atoms with Crippen LogP contribution in [0.25, 0.3) is 0 Å². The predicted molar refractivity (Wildman–Crippen MR) is 53.1 cm³/mol. The lowest BCUT2D eigenvalue weighted by molar-refractivity contribution is -0.125. The van der Waals surface area contributed by atoms with Crippen LogP contribution in [0.5, 0.6) is 0 Å². The van der Waals surface area contributed by atoms with E-state index in [4.69, 9.17) is 11.0 Å². The fraction of sp³-hybridized carbons (Fsp3) is 0.200. The second-order valence-electron chi connectivity index (χ2n) is 3.04. The minimum atomic E-state index is -0.607. The molecule has 3 N–H and O–H groups in total. The van der Waals surface area contributed by atoms with Crippen LogP contribution in [0.15, 0.2) is 18.2 Å². The molecule has 16 heavy (non-hydrogen) atoms. The van der Waals surface area contributed by atoms with E-state index in [2.05, 4.69) is 10.3 Å². The molecule has 0 aliphatic rings. The van der Waals surface area contributed by atoms with Crippen LogP contribution in [0.3, 0.4) is 0 Å². The molecule has 0 heterocycles. The fourth-order valence-corrected chi connectivity index (χ4v) is 1.07. The third-order valence-corrected chi connectivity index (χ3v) is 1.68. The highest BCUT2D eigenvalue weighted by Gasteiger charge is 2.01. The van der Waals surface area contributed by atoms with Gasteiger partial charge in [-0.15, -0.1) is 0 Å². The third-order valence-electron chi connectivity index (χ3n) is 1.68. The van der Waals surface area contributed by atoms with Gasteiger partial charge in [0.05, 0.1) is 11.6 Å². The molecule has 1 aromatic carbocycles. The molecule has 1 amide bonds. The maximum absolute atomic E-state index is 13.0. The van der Waals surface area contributed by atoms with Crippen molar-refractivity contribution in [3.8, 4) is 6.07 Å². The number of hydroxylamine groups is 1. The molecule has 0 bridgehead atoms. The van der Waals surface area contributed by atoms with E-state index >= 15 is 0 Å². The minimum absolute atomic E-state index is 0.180. The van der Waals surface area contributed by atoms with Gasteiger partial charge in [-0.25, -0.2) is 4.39 Å². The Bertz CT molecular complexity index is 429. The first-order valence-corrected chi connectivity index (χ1v) is 4.44. The zero-order valence-electron chi connectivity index (χ0n) is 8.37. The van der Waals surface area contributed by atoms with Crippen LogP contribution in [0, 0.1) is 17.1 Å². The number of carbonyl (C=O) groups excluding carboxylic acids is 1. The molecule has 0 atom stereocenters. The van der Waals surface area contributed by atoms with E-state index in [1.807, 2.05) is 6.07 Å². The van der Waals surface area contributed by atoms with E-state index in [-0.39, 0.29) is 18.7 Å². The first kappa shape index (κ1) is 12.1. The van der Waals surface area contributed by atoms with Gasteiger partial charge in [-0.2, -0.15) is 10.7 Å². The van der Waals surface area contributed by atoms with Crippen molar-refractivity contribution in [3.05, 3.63) is 35.1 Å². The van der Waals surface area contributed by atoms with E-state index in [1.54, 1.807) is 0 Å². The van der Waals surface area contributed by atoms with Crippen LogP contribution in [-0.4, -0.2) is 12.5 Å². The molecular weight excluding hydrogens is 213 g/mol. The van der Waals surface area contributed by atoms with Crippen molar-refractivity contribution < 1.29 is 14.0 Å². The van der Waals surface area contributed by atoms with Crippen molar-refractivity contribution in [2.24, 2.45) is 5.73 Å². The summed E-state index contributed by atoms with van der Waals surface area (Å²) in [5, 5.41) is 8.60. The van der Waals surface area contributed by atoms with Gasteiger partial charge in [0.25, 0.3) is 0 Å². The largest absolute Gasteiger partial charge is 0.368 e. The molecule has 1 rings (SSSR count). The van der Waals surface area contributed by atoms with Crippen LogP contribution in [0.1, 0.15) is 11.1 Å². The lowest BCUT2D eigenvalue weighted by atomic mass is 10.1. The summed E-state index contributed by atoms with van der Waals surface area (Å²) >= 11 is 0. The Morgan fingerprint density at radius 3 is 2.94 bits per heavy atom. The number of halogens is 1. The van der Waals surface area contributed by atoms with E-state index in [1.165, 1.54) is 12.1 Å². The second-order valence-corrected chi connectivity index (χ2v) is 3.04. The first-order valence-electron chi connectivity index (χ1n) is 4.44. The molecule has 6 heteroatoms. The van der Waals surface area contributed by atoms with Crippen LogP contribution < -0.4 is 11.2 Å².